The number of fused-ring (bicyclic) bond motifs is 3. The third-order valence-corrected chi connectivity index (χ3v) is 2.48. The van der Waals surface area contributed by atoms with E-state index in [4.69, 9.17) is 0 Å². The van der Waals surface area contributed by atoms with Crippen LogP contribution < -0.4 is 0 Å². The molecule has 0 aliphatic heterocycles. The molecular weight excluding hydrogens is 242 g/mol. The number of nitrogens with zero attached hydrogens (tertiary/aromatic N) is 5. The van der Waals surface area contributed by atoms with E-state index >= 15 is 0 Å². The Labute approximate surface area is 98.7 Å². The highest BCUT2D eigenvalue weighted by Crippen LogP contribution is 2.36. The van der Waals surface area contributed by atoms with Crippen LogP contribution in [0.25, 0.3) is 16.6 Å². The van der Waals surface area contributed by atoms with Crippen molar-refractivity contribution < 1.29 is 15.5 Å². The second-order valence-corrected chi connectivity index (χ2v) is 3.39. The molecule has 0 aliphatic carbocycles. The minimum Gasteiger partial charge on any atom is -0.502 e. The standard InChI is InChI=1S/C9H5N5O3.H2O/c15-8-5-3-1-2-4-6(5)13-9(10-11-12-13)7(8)14(16)17;/h1-4,15H;1H2. The summed E-state index contributed by atoms with van der Waals surface area (Å²) in [6.07, 6.45) is 0. The van der Waals surface area contributed by atoms with Crippen molar-refractivity contribution in [3.8, 4) is 5.75 Å². The van der Waals surface area contributed by atoms with Crippen molar-refractivity contribution in [3.63, 3.8) is 0 Å². The fourth-order valence-electron chi connectivity index (χ4n) is 1.76. The maximum atomic E-state index is 10.9. The second-order valence-electron chi connectivity index (χ2n) is 3.39. The summed E-state index contributed by atoms with van der Waals surface area (Å²) < 4.78 is 1.23. The highest BCUT2D eigenvalue weighted by molar-refractivity contribution is 5.93. The average Bonchev–Trinajstić information content (AvgIpc) is 2.78. The molecule has 1 aromatic carbocycles. The van der Waals surface area contributed by atoms with Crippen molar-refractivity contribution in [2.45, 2.75) is 0 Å². The van der Waals surface area contributed by atoms with Crippen LogP contribution in [0.15, 0.2) is 24.3 Å². The fourth-order valence-corrected chi connectivity index (χ4v) is 1.76. The van der Waals surface area contributed by atoms with E-state index in [1.165, 1.54) is 4.52 Å². The first-order valence-electron chi connectivity index (χ1n) is 4.66. The summed E-state index contributed by atoms with van der Waals surface area (Å²) in [5.74, 6) is -0.423. The Morgan fingerprint density at radius 1 is 1.33 bits per heavy atom. The summed E-state index contributed by atoms with van der Waals surface area (Å²) in [5.41, 5.74) is -0.0597. The molecule has 0 unspecified atom stereocenters. The largest absolute Gasteiger partial charge is 0.502 e. The van der Waals surface area contributed by atoms with E-state index < -0.39 is 16.4 Å². The topological polar surface area (TPSA) is 138 Å². The Morgan fingerprint density at radius 3 is 2.78 bits per heavy atom. The molecule has 2 heterocycles. The van der Waals surface area contributed by atoms with Crippen LogP contribution in [0.1, 0.15) is 0 Å². The summed E-state index contributed by atoms with van der Waals surface area (Å²) in [6, 6.07) is 6.64. The molecule has 92 valence electrons. The molecule has 0 bridgehead atoms. The molecule has 3 aromatic rings. The molecule has 0 aliphatic rings. The van der Waals surface area contributed by atoms with Gasteiger partial charge in [0.05, 0.1) is 10.4 Å². The minimum atomic E-state index is -0.701. The predicted octanol–water partition coefficient (Wildman–Crippen LogP) is 0.0666. The minimum absolute atomic E-state index is 0. The van der Waals surface area contributed by atoms with E-state index in [1.807, 2.05) is 0 Å². The second kappa shape index (κ2) is 3.89. The number of para-hydroxylation sites is 1. The number of nitro groups is 1. The van der Waals surface area contributed by atoms with E-state index in [0.29, 0.717) is 10.9 Å². The smallest absolute Gasteiger partial charge is 0.357 e. The van der Waals surface area contributed by atoms with Crippen molar-refractivity contribution in [2.75, 3.05) is 0 Å². The van der Waals surface area contributed by atoms with E-state index in [-0.39, 0.29) is 11.1 Å². The van der Waals surface area contributed by atoms with Gasteiger partial charge >= 0.3 is 5.69 Å². The fraction of sp³-hybridized carbons (Fsp3) is 0. The summed E-state index contributed by atoms with van der Waals surface area (Å²) >= 11 is 0. The molecule has 0 saturated heterocycles. The molecule has 9 nitrogen and oxygen atoms in total. The Balaban J connectivity index is 0.00000120. The van der Waals surface area contributed by atoms with Gasteiger partial charge in [-0.3, -0.25) is 10.1 Å². The first-order chi connectivity index (χ1) is 8.20. The van der Waals surface area contributed by atoms with Crippen molar-refractivity contribution in [2.24, 2.45) is 0 Å². The van der Waals surface area contributed by atoms with Gasteiger partial charge in [-0.25, -0.2) is 0 Å². The summed E-state index contributed by atoms with van der Waals surface area (Å²) in [5, 5.41) is 31.7. The van der Waals surface area contributed by atoms with E-state index in [9.17, 15) is 15.2 Å². The van der Waals surface area contributed by atoms with Crippen LogP contribution in [-0.2, 0) is 0 Å². The highest BCUT2D eigenvalue weighted by Gasteiger charge is 2.25. The zero-order chi connectivity index (χ0) is 12.0. The van der Waals surface area contributed by atoms with Gasteiger partial charge in [0, 0.05) is 5.39 Å². The third-order valence-electron chi connectivity index (χ3n) is 2.48. The molecule has 0 fully saturated rings. The number of benzene rings is 1. The molecule has 3 rings (SSSR count). The van der Waals surface area contributed by atoms with Crippen LogP contribution in [-0.4, -0.2) is 35.5 Å². The number of tetrazole rings is 1. The van der Waals surface area contributed by atoms with Crippen LogP contribution in [0, 0.1) is 10.1 Å². The molecule has 0 amide bonds. The van der Waals surface area contributed by atoms with Crippen LogP contribution in [0.5, 0.6) is 5.75 Å². The quantitative estimate of drug-likeness (QED) is 0.478. The molecule has 18 heavy (non-hydrogen) atoms. The lowest BCUT2D eigenvalue weighted by Gasteiger charge is -2.03. The lowest BCUT2D eigenvalue weighted by atomic mass is 10.2. The summed E-state index contributed by atoms with van der Waals surface area (Å²) in [6.45, 7) is 0. The zero-order valence-corrected chi connectivity index (χ0v) is 8.81. The van der Waals surface area contributed by atoms with Gasteiger partial charge in [-0.15, -0.1) is 5.10 Å². The van der Waals surface area contributed by atoms with Crippen molar-refractivity contribution in [3.05, 3.63) is 34.4 Å². The number of rotatable bonds is 1. The first kappa shape index (κ1) is 11.7. The van der Waals surface area contributed by atoms with E-state index in [2.05, 4.69) is 15.5 Å². The van der Waals surface area contributed by atoms with E-state index in [0.717, 1.165) is 0 Å². The normalized spacial score (nSPS) is 10.4. The molecule has 0 radical (unpaired) electrons. The summed E-state index contributed by atoms with van der Waals surface area (Å²) in [4.78, 5) is 10.2. The average molecular weight is 249 g/mol. The molecular formula is C9H7N5O4. The number of aromatic hydroxyl groups is 1. The van der Waals surface area contributed by atoms with Crippen molar-refractivity contribution >= 4 is 22.2 Å². The van der Waals surface area contributed by atoms with Gasteiger partial charge in [-0.1, -0.05) is 12.1 Å². The van der Waals surface area contributed by atoms with Gasteiger partial charge in [0.2, 0.25) is 5.75 Å². The summed E-state index contributed by atoms with van der Waals surface area (Å²) in [7, 11) is 0. The lowest BCUT2D eigenvalue weighted by molar-refractivity contribution is -0.384. The predicted molar refractivity (Wildman–Crippen MR) is 60.2 cm³/mol. The maximum absolute atomic E-state index is 10.9. The lowest BCUT2D eigenvalue weighted by Crippen LogP contribution is -1.98. The Kier molecular flexibility index (Phi) is 2.52. The number of pyridine rings is 1. The van der Waals surface area contributed by atoms with Crippen molar-refractivity contribution in [1.82, 2.24) is 20.0 Å². The van der Waals surface area contributed by atoms with Gasteiger partial charge in [0.15, 0.2) is 0 Å². The van der Waals surface area contributed by atoms with Crippen LogP contribution in [0.2, 0.25) is 0 Å². The SMILES string of the molecule is O.O=[N+]([O-])c1c(O)c2ccccc2n2nnnc12. The van der Waals surface area contributed by atoms with Crippen LogP contribution in [0.3, 0.4) is 0 Å². The van der Waals surface area contributed by atoms with Gasteiger partial charge in [-0.05, 0) is 22.6 Å². The highest BCUT2D eigenvalue weighted by atomic mass is 16.6. The number of aromatic nitrogens is 4. The molecule has 3 N–H and O–H groups in total. The number of hydrogen-bond donors (Lipinski definition) is 1. The van der Waals surface area contributed by atoms with Gasteiger partial charge in [0.1, 0.15) is 0 Å². The Hall–Kier alpha value is -2.81. The van der Waals surface area contributed by atoms with Crippen LogP contribution in [0.4, 0.5) is 5.69 Å². The van der Waals surface area contributed by atoms with Gasteiger partial charge in [0.25, 0.3) is 5.65 Å². The Bertz CT molecular complexity index is 753. The van der Waals surface area contributed by atoms with Crippen molar-refractivity contribution in [1.29, 1.82) is 0 Å². The molecule has 2 aromatic heterocycles. The number of hydrogen-bond acceptors (Lipinski definition) is 6. The maximum Gasteiger partial charge on any atom is 0.357 e. The zero-order valence-electron chi connectivity index (χ0n) is 8.81. The Morgan fingerprint density at radius 2 is 2.06 bits per heavy atom. The monoisotopic (exact) mass is 249 g/mol. The van der Waals surface area contributed by atoms with Gasteiger partial charge in [-0.2, -0.15) is 4.52 Å². The molecule has 9 heteroatoms. The van der Waals surface area contributed by atoms with E-state index in [1.54, 1.807) is 24.3 Å². The molecule has 0 saturated carbocycles. The van der Waals surface area contributed by atoms with Crippen LogP contribution >= 0.6 is 0 Å². The third kappa shape index (κ3) is 1.34. The first-order valence-corrected chi connectivity index (χ1v) is 4.66. The van der Waals surface area contributed by atoms with Gasteiger partial charge < -0.3 is 10.6 Å². The molecule has 0 spiro atoms. The molecule has 0 atom stereocenters.